The van der Waals surface area contributed by atoms with Gasteiger partial charge in [0.15, 0.2) is 0 Å². The third-order valence-corrected chi connectivity index (χ3v) is 4.94. The number of hydrogen-bond acceptors (Lipinski definition) is 3. The van der Waals surface area contributed by atoms with Gasteiger partial charge < -0.3 is 5.32 Å². The Morgan fingerprint density at radius 3 is 2.83 bits per heavy atom. The average molecular weight is 344 g/mol. The monoisotopic (exact) mass is 344 g/mol. The van der Waals surface area contributed by atoms with E-state index < -0.39 is 0 Å². The van der Waals surface area contributed by atoms with E-state index in [9.17, 15) is 14.0 Å². The van der Waals surface area contributed by atoms with Gasteiger partial charge in [0, 0.05) is 17.8 Å². The van der Waals surface area contributed by atoms with Gasteiger partial charge in [-0.3, -0.25) is 14.5 Å². The molecule has 0 saturated carbocycles. The number of hydrogen-bond donors (Lipinski definition) is 1. The molecular weight excluding hydrogens is 327 g/mol. The molecule has 1 heterocycles. The lowest BCUT2D eigenvalue weighted by Crippen LogP contribution is -2.27. The highest BCUT2D eigenvalue weighted by atomic mass is 32.2. The minimum atomic E-state index is -0.375. The molecule has 6 heteroatoms. The Kier molecular flexibility index (Phi) is 4.85. The van der Waals surface area contributed by atoms with Crippen molar-refractivity contribution in [3.8, 4) is 0 Å². The fourth-order valence-corrected chi connectivity index (χ4v) is 3.76. The van der Waals surface area contributed by atoms with Crippen molar-refractivity contribution in [3.05, 3.63) is 59.9 Å². The second-order valence-electron chi connectivity index (χ2n) is 5.43. The van der Waals surface area contributed by atoms with Crippen LogP contribution in [0, 0.1) is 5.82 Å². The number of carbonyl (C=O) groups is 2. The summed E-state index contributed by atoms with van der Waals surface area (Å²) in [6.45, 7) is 1.79. The number of thioether (sulfide) groups is 1. The van der Waals surface area contributed by atoms with Crippen LogP contribution >= 0.6 is 11.8 Å². The second-order valence-corrected chi connectivity index (χ2v) is 6.50. The third-order valence-electron chi connectivity index (χ3n) is 3.73. The average Bonchev–Trinajstić information content (AvgIpc) is 2.96. The molecule has 0 aromatic heterocycles. The number of nitrogens with zero attached hydrogens (tertiary/aromatic N) is 1. The summed E-state index contributed by atoms with van der Waals surface area (Å²) in [5, 5.41) is 2.58. The van der Waals surface area contributed by atoms with E-state index in [4.69, 9.17) is 0 Å². The normalized spacial score (nSPS) is 17.2. The predicted molar refractivity (Wildman–Crippen MR) is 94.4 cm³/mol. The van der Waals surface area contributed by atoms with Crippen LogP contribution in [0.4, 0.5) is 15.8 Å². The van der Waals surface area contributed by atoms with Crippen LogP contribution in [0.5, 0.6) is 0 Å². The number of carbonyl (C=O) groups excluding carboxylic acids is 2. The Labute approximate surface area is 144 Å². The summed E-state index contributed by atoms with van der Waals surface area (Å²) >= 11 is 1.49. The summed E-state index contributed by atoms with van der Waals surface area (Å²) in [5.41, 5.74) is 2.13. The van der Waals surface area contributed by atoms with Gasteiger partial charge in [0.25, 0.3) is 0 Å². The van der Waals surface area contributed by atoms with Crippen LogP contribution in [-0.2, 0) is 9.59 Å². The maximum absolute atomic E-state index is 13.5. The van der Waals surface area contributed by atoms with Crippen LogP contribution < -0.4 is 10.2 Å². The van der Waals surface area contributed by atoms with E-state index in [1.807, 2.05) is 24.3 Å². The minimum absolute atomic E-state index is 0.0569. The Hall–Kier alpha value is -2.34. The number of nitrogens with one attached hydrogen (secondary N) is 1. The molecule has 1 aliphatic rings. The van der Waals surface area contributed by atoms with Crippen molar-refractivity contribution in [1.82, 2.24) is 0 Å². The molecule has 124 valence electrons. The van der Waals surface area contributed by atoms with Gasteiger partial charge in [-0.25, -0.2) is 4.39 Å². The van der Waals surface area contributed by atoms with E-state index in [0.29, 0.717) is 23.5 Å². The Bertz CT molecular complexity index is 781. The van der Waals surface area contributed by atoms with Crippen LogP contribution in [0.2, 0.25) is 0 Å². The van der Waals surface area contributed by atoms with Gasteiger partial charge in [-0.2, -0.15) is 0 Å². The summed E-state index contributed by atoms with van der Waals surface area (Å²) in [4.78, 5) is 25.5. The van der Waals surface area contributed by atoms with Crippen LogP contribution in [-0.4, -0.2) is 17.6 Å². The van der Waals surface area contributed by atoms with Crippen LogP contribution in [0.25, 0.3) is 0 Å². The summed E-state index contributed by atoms with van der Waals surface area (Å²) in [6.07, 6.45) is 0.399. The van der Waals surface area contributed by atoms with Gasteiger partial charge in [-0.1, -0.05) is 25.1 Å². The molecule has 2 aromatic rings. The molecule has 1 aliphatic heterocycles. The SMILES string of the molecule is CCC(=O)Nc1cccc([C@H]2SCC(=O)N2c2cccc(F)c2)c1. The maximum atomic E-state index is 13.5. The van der Waals surface area contributed by atoms with E-state index >= 15 is 0 Å². The zero-order chi connectivity index (χ0) is 17.1. The first-order chi connectivity index (χ1) is 11.6. The highest BCUT2D eigenvalue weighted by Gasteiger charge is 2.34. The summed E-state index contributed by atoms with van der Waals surface area (Å²) < 4.78 is 13.5. The Morgan fingerprint density at radius 2 is 2.08 bits per heavy atom. The second kappa shape index (κ2) is 7.05. The molecule has 24 heavy (non-hydrogen) atoms. The molecular formula is C18H17FN2O2S. The largest absolute Gasteiger partial charge is 0.326 e. The van der Waals surface area contributed by atoms with Gasteiger partial charge in [-0.15, -0.1) is 11.8 Å². The van der Waals surface area contributed by atoms with Gasteiger partial charge >= 0.3 is 0 Å². The molecule has 0 bridgehead atoms. The molecule has 2 amide bonds. The highest BCUT2D eigenvalue weighted by molar-refractivity contribution is 8.00. The zero-order valence-electron chi connectivity index (χ0n) is 13.2. The number of rotatable bonds is 4. The van der Waals surface area contributed by atoms with Crippen LogP contribution in [0.1, 0.15) is 24.3 Å². The van der Waals surface area contributed by atoms with E-state index in [0.717, 1.165) is 5.56 Å². The lowest BCUT2D eigenvalue weighted by Gasteiger charge is -2.24. The number of benzene rings is 2. The van der Waals surface area contributed by atoms with Crippen LogP contribution in [0.15, 0.2) is 48.5 Å². The summed E-state index contributed by atoms with van der Waals surface area (Å²) in [7, 11) is 0. The maximum Gasteiger partial charge on any atom is 0.238 e. The highest BCUT2D eigenvalue weighted by Crippen LogP contribution is 2.42. The minimum Gasteiger partial charge on any atom is -0.326 e. The topological polar surface area (TPSA) is 49.4 Å². The van der Waals surface area contributed by atoms with Gasteiger partial charge in [0.2, 0.25) is 11.8 Å². The smallest absolute Gasteiger partial charge is 0.238 e. The molecule has 1 fully saturated rings. The molecule has 0 radical (unpaired) electrons. The first-order valence-corrected chi connectivity index (χ1v) is 8.72. The Morgan fingerprint density at radius 1 is 1.29 bits per heavy atom. The van der Waals surface area contributed by atoms with Crippen molar-refractivity contribution in [2.45, 2.75) is 18.7 Å². The van der Waals surface area contributed by atoms with Crippen molar-refractivity contribution < 1.29 is 14.0 Å². The number of halogens is 1. The third kappa shape index (κ3) is 3.43. The lowest BCUT2D eigenvalue weighted by molar-refractivity contribution is -0.116. The summed E-state index contributed by atoms with van der Waals surface area (Å²) in [5.74, 6) is -0.157. The molecule has 2 aromatic carbocycles. The Balaban J connectivity index is 1.91. The molecule has 1 saturated heterocycles. The van der Waals surface area contributed by atoms with Gasteiger partial charge in [0.05, 0.1) is 5.75 Å². The fraction of sp³-hybridized carbons (Fsp3) is 0.222. The molecule has 4 nitrogen and oxygen atoms in total. The van der Waals surface area contributed by atoms with E-state index in [-0.39, 0.29) is 23.0 Å². The van der Waals surface area contributed by atoms with Crippen molar-refractivity contribution in [2.75, 3.05) is 16.0 Å². The number of amides is 2. The predicted octanol–water partition coefficient (Wildman–Crippen LogP) is 3.95. The van der Waals surface area contributed by atoms with E-state index in [1.54, 1.807) is 24.0 Å². The molecule has 3 rings (SSSR count). The molecule has 0 spiro atoms. The van der Waals surface area contributed by atoms with Gasteiger partial charge in [0.1, 0.15) is 11.2 Å². The summed E-state index contributed by atoms with van der Waals surface area (Å²) in [6, 6.07) is 13.4. The van der Waals surface area contributed by atoms with Crippen molar-refractivity contribution >= 4 is 35.0 Å². The molecule has 0 aliphatic carbocycles. The van der Waals surface area contributed by atoms with E-state index in [1.165, 1.54) is 23.9 Å². The van der Waals surface area contributed by atoms with Gasteiger partial charge in [-0.05, 0) is 35.9 Å². The van der Waals surface area contributed by atoms with Crippen molar-refractivity contribution in [3.63, 3.8) is 0 Å². The van der Waals surface area contributed by atoms with Crippen molar-refractivity contribution in [2.24, 2.45) is 0 Å². The molecule has 0 unspecified atom stereocenters. The van der Waals surface area contributed by atoms with Crippen molar-refractivity contribution in [1.29, 1.82) is 0 Å². The fourth-order valence-electron chi connectivity index (χ4n) is 2.60. The first kappa shape index (κ1) is 16.5. The molecule has 1 N–H and O–H groups in total. The lowest BCUT2D eigenvalue weighted by atomic mass is 10.1. The number of anilines is 2. The quantitative estimate of drug-likeness (QED) is 0.913. The molecule has 1 atom stereocenters. The zero-order valence-corrected chi connectivity index (χ0v) is 14.0. The first-order valence-electron chi connectivity index (χ1n) is 7.67. The van der Waals surface area contributed by atoms with E-state index in [2.05, 4.69) is 5.32 Å². The van der Waals surface area contributed by atoms with Crippen LogP contribution in [0.3, 0.4) is 0 Å². The standard InChI is InChI=1S/C18H17FN2O2S/c1-2-16(22)20-14-7-3-5-12(9-14)18-21(17(23)11-24-18)15-8-4-6-13(19)10-15/h3-10,18H,2,11H2,1H3,(H,20,22)/t18-/m1/s1.